The fourth-order valence-electron chi connectivity index (χ4n) is 4.21. The van der Waals surface area contributed by atoms with Crippen molar-refractivity contribution in [2.75, 3.05) is 32.8 Å². The Kier molecular flexibility index (Phi) is 4.11. The largest absolute Gasteiger partial charge is 0.493 e. The van der Waals surface area contributed by atoms with Crippen molar-refractivity contribution in [3.05, 3.63) is 51.8 Å². The van der Waals surface area contributed by atoms with Crippen molar-refractivity contribution in [2.24, 2.45) is 0 Å². The van der Waals surface area contributed by atoms with Crippen molar-refractivity contribution >= 4 is 43.9 Å². The van der Waals surface area contributed by atoms with Gasteiger partial charge >= 0.3 is 0 Å². The first-order valence-corrected chi connectivity index (χ1v) is 11.6. The standard InChI is InChI=1S/C21H20N4O2S2/c26-20(18-12-16-19(29-18)22-21-25(16)8-10-28-21)24-6-4-23(5-7-24)13-14-1-2-17-15(11-14)3-9-27-17/h1-2,8,10-12H,3-7,9,13H2. The smallest absolute Gasteiger partial charge is 0.264 e. The van der Waals surface area contributed by atoms with Gasteiger partial charge in [-0.1, -0.05) is 12.1 Å². The number of hydrogen-bond donors (Lipinski definition) is 0. The van der Waals surface area contributed by atoms with Crippen LogP contribution in [0.1, 0.15) is 20.8 Å². The minimum atomic E-state index is 0.131. The average molecular weight is 425 g/mol. The van der Waals surface area contributed by atoms with Crippen molar-refractivity contribution in [1.82, 2.24) is 19.2 Å². The number of amides is 1. The first-order valence-electron chi connectivity index (χ1n) is 9.86. The molecule has 1 fully saturated rings. The van der Waals surface area contributed by atoms with Crippen LogP contribution in [0.2, 0.25) is 0 Å². The Balaban J connectivity index is 1.12. The Hall–Kier alpha value is -2.42. The monoisotopic (exact) mass is 424 g/mol. The number of imidazole rings is 1. The van der Waals surface area contributed by atoms with Crippen LogP contribution in [0.15, 0.2) is 35.8 Å². The number of aromatic nitrogens is 2. The van der Waals surface area contributed by atoms with Gasteiger partial charge in [0, 0.05) is 50.7 Å². The number of benzene rings is 1. The van der Waals surface area contributed by atoms with E-state index < -0.39 is 0 Å². The van der Waals surface area contributed by atoms with Crippen LogP contribution in [0.3, 0.4) is 0 Å². The van der Waals surface area contributed by atoms with Gasteiger partial charge in [-0.05, 0) is 23.3 Å². The first kappa shape index (κ1) is 17.4. The van der Waals surface area contributed by atoms with Crippen LogP contribution >= 0.6 is 22.7 Å². The van der Waals surface area contributed by atoms with Crippen LogP contribution in [0.25, 0.3) is 15.3 Å². The molecule has 8 heteroatoms. The second-order valence-corrected chi connectivity index (χ2v) is 9.48. The summed E-state index contributed by atoms with van der Waals surface area (Å²) in [4.78, 5) is 24.7. The minimum Gasteiger partial charge on any atom is -0.493 e. The number of fused-ring (bicyclic) bond motifs is 4. The highest BCUT2D eigenvalue weighted by Gasteiger charge is 2.25. The number of rotatable bonds is 3. The van der Waals surface area contributed by atoms with Crippen LogP contribution in [0.4, 0.5) is 0 Å². The second-order valence-electron chi connectivity index (χ2n) is 7.58. The number of thiophene rings is 1. The summed E-state index contributed by atoms with van der Waals surface area (Å²) >= 11 is 3.12. The van der Waals surface area contributed by atoms with Gasteiger partial charge in [0.25, 0.3) is 5.91 Å². The molecule has 6 nitrogen and oxygen atoms in total. The lowest BCUT2D eigenvalue weighted by Crippen LogP contribution is -2.48. The van der Waals surface area contributed by atoms with Crippen LogP contribution in [0, 0.1) is 0 Å². The van der Waals surface area contributed by atoms with Crippen molar-refractivity contribution in [1.29, 1.82) is 0 Å². The van der Waals surface area contributed by atoms with Crippen LogP contribution in [-0.4, -0.2) is 57.9 Å². The highest BCUT2D eigenvalue weighted by Crippen LogP contribution is 2.30. The molecule has 0 unspecified atom stereocenters. The third-order valence-electron chi connectivity index (χ3n) is 5.77. The molecule has 0 radical (unpaired) electrons. The molecule has 1 saturated heterocycles. The lowest BCUT2D eigenvalue weighted by molar-refractivity contribution is 0.0633. The van der Waals surface area contributed by atoms with Crippen molar-refractivity contribution in [3.63, 3.8) is 0 Å². The first-order chi connectivity index (χ1) is 14.2. The zero-order chi connectivity index (χ0) is 19.4. The number of hydrogen-bond acceptors (Lipinski definition) is 6. The third-order valence-corrected chi connectivity index (χ3v) is 7.53. The second kappa shape index (κ2) is 6.83. The topological polar surface area (TPSA) is 50.1 Å². The molecule has 5 heterocycles. The molecule has 2 aliphatic rings. The Morgan fingerprint density at radius 1 is 1.17 bits per heavy atom. The Morgan fingerprint density at radius 2 is 2.07 bits per heavy atom. The molecule has 3 aromatic heterocycles. The van der Waals surface area contributed by atoms with E-state index in [4.69, 9.17) is 4.74 Å². The number of carbonyl (C=O) groups excluding carboxylic acids is 1. The van der Waals surface area contributed by atoms with Gasteiger partial charge in [0.05, 0.1) is 17.0 Å². The quantitative estimate of drug-likeness (QED) is 0.505. The van der Waals surface area contributed by atoms with E-state index in [0.717, 1.165) is 71.7 Å². The maximum atomic E-state index is 13.0. The van der Waals surface area contributed by atoms with Gasteiger partial charge in [0.2, 0.25) is 0 Å². The summed E-state index contributed by atoms with van der Waals surface area (Å²) in [6, 6.07) is 8.52. The summed E-state index contributed by atoms with van der Waals surface area (Å²) in [6.45, 7) is 5.06. The summed E-state index contributed by atoms with van der Waals surface area (Å²) < 4.78 is 7.66. The van der Waals surface area contributed by atoms with E-state index in [1.807, 2.05) is 22.5 Å². The van der Waals surface area contributed by atoms with E-state index in [9.17, 15) is 4.79 Å². The number of piperazine rings is 1. The van der Waals surface area contributed by atoms with E-state index in [2.05, 4.69) is 32.5 Å². The molecule has 2 aliphatic heterocycles. The van der Waals surface area contributed by atoms with E-state index >= 15 is 0 Å². The van der Waals surface area contributed by atoms with Gasteiger partial charge in [0.1, 0.15) is 10.6 Å². The summed E-state index contributed by atoms with van der Waals surface area (Å²) in [6.07, 6.45) is 3.02. The number of carbonyl (C=O) groups is 1. The van der Waals surface area contributed by atoms with Crippen molar-refractivity contribution < 1.29 is 9.53 Å². The predicted molar refractivity (Wildman–Crippen MR) is 115 cm³/mol. The maximum absolute atomic E-state index is 13.0. The van der Waals surface area contributed by atoms with E-state index in [-0.39, 0.29) is 5.91 Å². The Labute approximate surface area is 175 Å². The summed E-state index contributed by atoms with van der Waals surface area (Å²) in [5, 5.41) is 2.02. The van der Waals surface area contributed by atoms with Crippen LogP contribution < -0.4 is 4.74 Å². The fraction of sp³-hybridized carbons (Fsp3) is 0.333. The molecule has 4 aromatic rings. The zero-order valence-corrected chi connectivity index (χ0v) is 17.5. The van der Waals surface area contributed by atoms with E-state index in [0.29, 0.717) is 0 Å². The molecule has 0 spiro atoms. The lowest BCUT2D eigenvalue weighted by Gasteiger charge is -2.34. The number of ether oxygens (including phenoxy) is 1. The molecule has 0 saturated carbocycles. The Bertz CT molecular complexity index is 1220. The van der Waals surface area contributed by atoms with Crippen LogP contribution in [-0.2, 0) is 13.0 Å². The normalized spacial score (nSPS) is 17.2. The average Bonchev–Trinajstić information content (AvgIpc) is 3.49. The molecule has 6 rings (SSSR count). The molecular weight excluding hydrogens is 404 g/mol. The van der Waals surface area contributed by atoms with E-state index in [1.165, 1.54) is 22.5 Å². The van der Waals surface area contributed by atoms with Gasteiger partial charge in [0.15, 0.2) is 4.96 Å². The number of nitrogens with zero attached hydrogens (tertiary/aromatic N) is 4. The fourth-order valence-corrected chi connectivity index (χ4v) is 5.98. The SMILES string of the molecule is O=C(c1cc2c(nc3sccn32)s1)N1CCN(Cc2ccc3c(c2)CCO3)CC1. The zero-order valence-electron chi connectivity index (χ0n) is 15.8. The predicted octanol–water partition coefficient (Wildman–Crippen LogP) is 3.50. The summed E-state index contributed by atoms with van der Waals surface area (Å²) in [7, 11) is 0. The molecular formula is C21H20N4O2S2. The van der Waals surface area contributed by atoms with Crippen molar-refractivity contribution in [2.45, 2.75) is 13.0 Å². The minimum absolute atomic E-state index is 0.131. The van der Waals surface area contributed by atoms with Crippen molar-refractivity contribution in [3.8, 4) is 5.75 Å². The highest BCUT2D eigenvalue weighted by molar-refractivity contribution is 7.21. The molecule has 0 bridgehead atoms. The molecule has 148 valence electrons. The van der Waals surface area contributed by atoms with Gasteiger partial charge in [-0.25, -0.2) is 4.98 Å². The lowest BCUT2D eigenvalue weighted by atomic mass is 10.1. The summed E-state index contributed by atoms with van der Waals surface area (Å²) in [5.74, 6) is 1.16. The van der Waals surface area contributed by atoms with Gasteiger partial charge < -0.3 is 9.64 Å². The Morgan fingerprint density at radius 3 is 2.97 bits per heavy atom. The summed E-state index contributed by atoms with van der Waals surface area (Å²) in [5.41, 5.74) is 3.68. The van der Waals surface area contributed by atoms with Gasteiger partial charge in [-0.15, -0.1) is 22.7 Å². The third kappa shape index (κ3) is 3.02. The number of thiazole rings is 1. The van der Waals surface area contributed by atoms with Crippen LogP contribution in [0.5, 0.6) is 5.75 Å². The highest BCUT2D eigenvalue weighted by atomic mass is 32.1. The molecule has 0 N–H and O–H groups in total. The molecule has 1 aromatic carbocycles. The van der Waals surface area contributed by atoms with E-state index in [1.54, 1.807) is 11.3 Å². The van der Waals surface area contributed by atoms with Gasteiger partial charge in [-0.3, -0.25) is 14.1 Å². The molecule has 0 aliphatic carbocycles. The molecule has 29 heavy (non-hydrogen) atoms. The maximum Gasteiger partial charge on any atom is 0.264 e. The van der Waals surface area contributed by atoms with Gasteiger partial charge in [-0.2, -0.15) is 0 Å². The molecule has 0 atom stereocenters. The molecule has 1 amide bonds.